The molecule has 3 rings (SSSR count). The minimum atomic E-state index is -4.87. The molecule has 11 heteroatoms. The van der Waals surface area contributed by atoms with Gasteiger partial charge in [-0.25, -0.2) is 8.42 Å². The Bertz CT molecular complexity index is 1280. The highest BCUT2D eigenvalue weighted by Gasteiger charge is 2.31. The van der Waals surface area contributed by atoms with Crippen LogP contribution in [0.2, 0.25) is 0 Å². The smallest absolute Gasteiger partial charge is 0.493 e. The number of ether oxygens (including phenoxy) is 4. The number of hydrogen-bond acceptors (Lipinski definition) is 6. The first-order chi connectivity index (χ1) is 16.5. The van der Waals surface area contributed by atoms with Gasteiger partial charge in [-0.3, -0.25) is 4.72 Å². The molecule has 0 bridgehead atoms. The van der Waals surface area contributed by atoms with Crippen molar-refractivity contribution in [3.8, 4) is 23.0 Å². The third-order valence-electron chi connectivity index (χ3n) is 4.66. The van der Waals surface area contributed by atoms with Gasteiger partial charge in [-0.1, -0.05) is 24.3 Å². The van der Waals surface area contributed by atoms with Crippen molar-refractivity contribution in [1.82, 2.24) is 0 Å². The quantitative estimate of drug-likeness (QED) is 0.379. The molecule has 0 heterocycles. The summed E-state index contributed by atoms with van der Waals surface area (Å²) in [6.45, 7) is 0. The maximum absolute atomic E-state index is 12.7. The summed E-state index contributed by atoms with van der Waals surface area (Å²) in [4.78, 5) is -0.217. The topological polar surface area (TPSA) is 83.1 Å². The van der Waals surface area contributed by atoms with E-state index in [1.165, 1.54) is 21.3 Å². The Kier molecular flexibility index (Phi) is 7.80. The van der Waals surface area contributed by atoms with Gasteiger partial charge in [0.05, 0.1) is 26.2 Å². The molecule has 0 aliphatic heterocycles. The molecule has 0 unspecified atom stereocenters. The van der Waals surface area contributed by atoms with Gasteiger partial charge in [-0.15, -0.1) is 13.2 Å². The summed E-state index contributed by atoms with van der Waals surface area (Å²) >= 11 is 0. The minimum Gasteiger partial charge on any atom is -0.493 e. The summed E-state index contributed by atoms with van der Waals surface area (Å²) in [5.41, 5.74) is 1.71. The molecule has 0 saturated carbocycles. The van der Waals surface area contributed by atoms with Gasteiger partial charge in [-0.2, -0.15) is 0 Å². The molecule has 0 saturated heterocycles. The standard InChI is InChI=1S/C24H22F3NO6S/c1-31-21-14-17(15-22(32-2)23(21)33-3)8-7-16-5-4-6-18(13-16)28-35(29,30)20-11-9-19(10-12-20)34-24(25,26)27/h4-15,28H,1-3H3. The van der Waals surface area contributed by atoms with Crippen LogP contribution in [-0.4, -0.2) is 36.1 Å². The second-order valence-corrected chi connectivity index (χ2v) is 8.72. The lowest BCUT2D eigenvalue weighted by Gasteiger charge is -2.13. The van der Waals surface area contributed by atoms with E-state index < -0.39 is 22.1 Å². The first kappa shape index (κ1) is 25.8. The number of nitrogens with one attached hydrogen (secondary N) is 1. The van der Waals surface area contributed by atoms with Crippen molar-refractivity contribution in [2.24, 2.45) is 0 Å². The fraction of sp³-hybridized carbons (Fsp3) is 0.167. The predicted octanol–water partition coefficient (Wildman–Crippen LogP) is 5.58. The number of anilines is 1. The molecule has 3 aromatic carbocycles. The Morgan fingerprint density at radius 3 is 1.94 bits per heavy atom. The average molecular weight is 510 g/mol. The second-order valence-electron chi connectivity index (χ2n) is 7.04. The van der Waals surface area contributed by atoms with Crippen molar-refractivity contribution in [1.29, 1.82) is 0 Å². The van der Waals surface area contributed by atoms with Gasteiger partial charge in [0.15, 0.2) is 11.5 Å². The Hall–Kier alpha value is -3.86. The van der Waals surface area contributed by atoms with E-state index >= 15 is 0 Å². The van der Waals surface area contributed by atoms with E-state index in [0.29, 0.717) is 22.8 Å². The first-order valence-corrected chi connectivity index (χ1v) is 11.5. The molecule has 0 spiro atoms. The maximum atomic E-state index is 12.7. The number of sulfonamides is 1. The van der Waals surface area contributed by atoms with Crippen LogP contribution < -0.4 is 23.7 Å². The molecular weight excluding hydrogens is 487 g/mol. The molecule has 0 amide bonds. The molecule has 0 aliphatic carbocycles. The van der Waals surface area contributed by atoms with Gasteiger partial charge in [0.2, 0.25) is 5.75 Å². The van der Waals surface area contributed by atoms with E-state index in [9.17, 15) is 21.6 Å². The number of methoxy groups -OCH3 is 3. The normalized spacial score (nSPS) is 11.8. The first-order valence-electron chi connectivity index (χ1n) is 10.0. The minimum absolute atomic E-state index is 0.217. The van der Waals surface area contributed by atoms with E-state index in [4.69, 9.17) is 14.2 Å². The molecule has 3 aromatic rings. The lowest BCUT2D eigenvalue weighted by Crippen LogP contribution is -2.17. The van der Waals surface area contributed by atoms with Gasteiger partial charge in [0.1, 0.15) is 5.75 Å². The third-order valence-corrected chi connectivity index (χ3v) is 6.06. The van der Waals surface area contributed by atoms with Crippen molar-refractivity contribution in [2.75, 3.05) is 26.1 Å². The number of alkyl halides is 3. The van der Waals surface area contributed by atoms with Crippen molar-refractivity contribution in [2.45, 2.75) is 11.3 Å². The van der Waals surface area contributed by atoms with E-state index in [1.54, 1.807) is 48.6 Å². The van der Waals surface area contributed by atoms with Crippen molar-refractivity contribution in [3.05, 3.63) is 71.8 Å². The monoisotopic (exact) mass is 509 g/mol. The third kappa shape index (κ3) is 6.82. The molecule has 7 nitrogen and oxygen atoms in total. The molecule has 0 radical (unpaired) electrons. The number of rotatable bonds is 9. The van der Waals surface area contributed by atoms with Crippen LogP contribution in [0.3, 0.4) is 0 Å². The van der Waals surface area contributed by atoms with Crippen molar-refractivity contribution >= 4 is 27.9 Å². The van der Waals surface area contributed by atoms with Crippen LogP contribution >= 0.6 is 0 Å². The van der Waals surface area contributed by atoms with Gasteiger partial charge in [0, 0.05) is 5.69 Å². The number of hydrogen-bond donors (Lipinski definition) is 1. The fourth-order valence-corrected chi connectivity index (χ4v) is 4.18. The highest BCUT2D eigenvalue weighted by Crippen LogP contribution is 2.38. The molecule has 35 heavy (non-hydrogen) atoms. The van der Waals surface area contributed by atoms with Crippen LogP contribution in [0.25, 0.3) is 12.2 Å². The Morgan fingerprint density at radius 2 is 1.40 bits per heavy atom. The van der Waals surface area contributed by atoms with Gasteiger partial charge < -0.3 is 18.9 Å². The van der Waals surface area contributed by atoms with Crippen molar-refractivity contribution < 1.29 is 40.5 Å². The zero-order valence-electron chi connectivity index (χ0n) is 18.9. The summed E-state index contributed by atoms with van der Waals surface area (Å²) in [6, 6.07) is 14.0. The number of benzene rings is 3. The zero-order chi connectivity index (χ0) is 25.6. The summed E-state index contributed by atoms with van der Waals surface area (Å²) in [7, 11) is 0.488. The van der Waals surface area contributed by atoms with Crippen LogP contribution in [-0.2, 0) is 10.0 Å². The number of halogens is 3. The van der Waals surface area contributed by atoms with Gasteiger partial charge in [0.25, 0.3) is 10.0 Å². The molecule has 0 aliphatic rings. The van der Waals surface area contributed by atoms with Crippen LogP contribution in [0.15, 0.2) is 65.6 Å². The summed E-state index contributed by atoms with van der Waals surface area (Å²) < 4.78 is 84.4. The second kappa shape index (κ2) is 10.6. The van der Waals surface area contributed by atoms with E-state index in [2.05, 4.69) is 9.46 Å². The van der Waals surface area contributed by atoms with Crippen LogP contribution in [0, 0.1) is 0 Å². The summed E-state index contributed by atoms with van der Waals surface area (Å²) in [6.07, 6.45) is -1.31. The van der Waals surface area contributed by atoms with Gasteiger partial charge >= 0.3 is 6.36 Å². The maximum Gasteiger partial charge on any atom is 0.573 e. The Morgan fingerprint density at radius 1 is 0.800 bits per heavy atom. The lowest BCUT2D eigenvalue weighted by molar-refractivity contribution is -0.274. The molecule has 0 aromatic heterocycles. The van der Waals surface area contributed by atoms with Crippen LogP contribution in [0.1, 0.15) is 11.1 Å². The molecule has 0 atom stereocenters. The lowest BCUT2D eigenvalue weighted by atomic mass is 10.1. The van der Waals surface area contributed by atoms with Crippen LogP contribution in [0.4, 0.5) is 18.9 Å². The summed E-state index contributed by atoms with van der Waals surface area (Å²) in [5.74, 6) is 0.913. The van der Waals surface area contributed by atoms with Crippen LogP contribution in [0.5, 0.6) is 23.0 Å². The van der Waals surface area contributed by atoms with Gasteiger partial charge in [-0.05, 0) is 59.7 Å². The molecular formula is C24H22F3NO6S. The van der Waals surface area contributed by atoms with Crippen molar-refractivity contribution in [3.63, 3.8) is 0 Å². The summed E-state index contributed by atoms with van der Waals surface area (Å²) in [5, 5.41) is 0. The van der Waals surface area contributed by atoms with E-state index in [1.807, 2.05) is 0 Å². The average Bonchev–Trinajstić information content (AvgIpc) is 2.81. The fourth-order valence-electron chi connectivity index (χ4n) is 3.13. The van der Waals surface area contributed by atoms with E-state index in [0.717, 1.165) is 29.8 Å². The predicted molar refractivity (Wildman–Crippen MR) is 125 cm³/mol. The SMILES string of the molecule is COc1cc(C=Cc2cccc(NS(=O)(=O)c3ccc(OC(F)(F)F)cc3)c2)cc(OC)c1OC. The zero-order valence-corrected chi connectivity index (χ0v) is 19.7. The Balaban J connectivity index is 1.79. The highest BCUT2D eigenvalue weighted by atomic mass is 32.2. The molecule has 186 valence electrons. The molecule has 1 N–H and O–H groups in total. The van der Waals surface area contributed by atoms with E-state index in [-0.39, 0.29) is 10.6 Å². The largest absolute Gasteiger partial charge is 0.573 e. The molecule has 0 fully saturated rings. The Labute approximate surface area is 200 Å². The highest BCUT2D eigenvalue weighted by molar-refractivity contribution is 7.92.